The number of carbonyl (C=O) groups excluding carboxylic acids is 1. The van der Waals surface area contributed by atoms with Gasteiger partial charge in [-0.3, -0.25) is 4.79 Å². The van der Waals surface area contributed by atoms with Crippen LogP contribution in [-0.4, -0.2) is 29.2 Å². The number of hydrogen-bond acceptors (Lipinski definition) is 4. The number of nitrogens with one attached hydrogen (secondary N) is 2. The highest BCUT2D eigenvalue weighted by Gasteiger charge is 2.09. The normalized spacial score (nSPS) is 13.7. The zero-order chi connectivity index (χ0) is 18.9. The van der Waals surface area contributed by atoms with E-state index in [2.05, 4.69) is 26.9 Å². The molecular weight excluding hydrogens is 343 g/mol. The third-order valence-electron chi connectivity index (χ3n) is 4.67. The lowest BCUT2D eigenvalue weighted by molar-refractivity contribution is 0.0948. The number of rotatable bonds is 8. The quantitative estimate of drug-likeness (QED) is 0.694. The molecule has 6 heteroatoms. The fourth-order valence-corrected chi connectivity index (χ4v) is 3.13. The van der Waals surface area contributed by atoms with Gasteiger partial charge in [-0.2, -0.15) is 0 Å². The first-order chi connectivity index (χ1) is 13.2. The minimum absolute atomic E-state index is 0.207. The highest BCUT2D eigenvalue weighted by molar-refractivity contribution is 5.92. The van der Waals surface area contributed by atoms with Crippen molar-refractivity contribution in [3.05, 3.63) is 65.1 Å². The number of nitrogens with zero attached hydrogens (tertiary/aromatic N) is 2. The molecule has 0 bridgehead atoms. The first-order valence-corrected chi connectivity index (χ1v) is 9.49. The van der Waals surface area contributed by atoms with Crippen LogP contribution in [0.4, 0.5) is 10.2 Å². The summed E-state index contributed by atoms with van der Waals surface area (Å²) < 4.78 is 13.6. The lowest BCUT2D eigenvalue weighted by atomic mass is 9.97. The lowest BCUT2D eigenvalue weighted by Gasteiger charge is -2.12. The molecule has 1 amide bonds. The van der Waals surface area contributed by atoms with E-state index in [1.807, 2.05) is 6.07 Å². The summed E-state index contributed by atoms with van der Waals surface area (Å²) in [6, 6.07) is 10.1. The smallest absolute Gasteiger partial charge is 0.271 e. The summed E-state index contributed by atoms with van der Waals surface area (Å²) in [6.07, 6.45) is 8.55. The van der Waals surface area contributed by atoms with E-state index in [0.29, 0.717) is 36.6 Å². The largest absolute Gasteiger partial charge is 0.368 e. The van der Waals surface area contributed by atoms with Crippen LogP contribution in [0, 0.1) is 5.82 Å². The van der Waals surface area contributed by atoms with Gasteiger partial charge in [0.2, 0.25) is 0 Å². The summed E-state index contributed by atoms with van der Waals surface area (Å²) in [6.45, 7) is 1.16. The Morgan fingerprint density at radius 2 is 1.93 bits per heavy atom. The molecule has 27 heavy (non-hydrogen) atoms. The van der Waals surface area contributed by atoms with Gasteiger partial charge in [-0.25, -0.2) is 4.39 Å². The van der Waals surface area contributed by atoms with Crippen molar-refractivity contribution in [1.82, 2.24) is 15.5 Å². The van der Waals surface area contributed by atoms with Crippen LogP contribution in [0.1, 0.15) is 48.2 Å². The first-order valence-electron chi connectivity index (χ1n) is 9.49. The van der Waals surface area contributed by atoms with E-state index in [4.69, 9.17) is 0 Å². The number of benzene rings is 1. The van der Waals surface area contributed by atoms with Crippen LogP contribution in [0.2, 0.25) is 0 Å². The third-order valence-corrected chi connectivity index (χ3v) is 4.67. The second-order valence-corrected chi connectivity index (χ2v) is 6.69. The highest BCUT2D eigenvalue weighted by atomic mass is 19.1. The van der Waals surface area contributed by atoms with E-state index >= 15 is 0 Å². The van der Waals surface area contributed by atoms with E-state index in [1.165, 1.54) is 24.5 Å². The predicted octanol–water partition coefficient (Wildman–Crippen LogP) is 3.89. The SMILES string of the molecule is O=C(NCCC1=CCCCC1)c1ccc(NCCc2ccccc2F)nn1. The third kappa shape index (κ3) is 5.88. The molecule has 0 unspecified atom stereocenters. The van der Waals surface area contributed by atoms with Gasteiger partial charge >= 0.3 is 0 Å². The van der Waals surface area contributed by atoms with Crippen LogP contribution in [-0.2, 0) is 6.42 Å². The van der Waals surface area contributed by atoms with Gasteiger partial charge in [0.1, 0.15) is 11.6 Å². The Balaban J connectivity index is 1.41. The molecule has 0 saturated heterocycles. The number of hydrogen-bond donors (Lipinski definition) is 2. The average Bonchev–Trinajstić information content (AvgIpc) is 2.71. The van der Waals surface area contributed by atoms with Gasteiger partial charge in [0.05, 0.1) is 0 Å². The molecule has 0 fully saturated rings. The first kappa shape index (κ1) is 19.0. The van der Waals surface area contributed by atoms with E-state index in [0.717, 1.165) is 19.3 Å². The second-order valence-electron chi connectivity index (χ2n) is 6.69. The summed E-state index contributed by atoms with van der Waals surface area (Å²) in [4.78, 5) is 12.1. The minimum atomic E-state index is -0.211. The topological polar surface area (TPSA) is 66.9 Å². The van der Waals surface area contributed by atoms with E-state index in [-0.39, 0.29) is 11.7 Å². The van der Waals surface area contributed by atoms with Crippen LogP contribution in [0.5, 0.6) is 0 Å². The van der Waals surface area contributed by atoms with Gasteiger partial charge in [0.15, 0.2) is 5.69 Å². The van der Waals surface area contributed by atoms with Crippen molar-refractivity contribution < 1.29 is 9.18 Å². The molecule has 2 aromatic rings. The van der Waals surface area contributed by atoms with Crippen molar-refractivity contribution in [1.29, 1.82) is 0 Å². The highest BCUT2D eigenvalue weighted by Crippen LogP contribution is 2.19. The van der Waals surface area contributed by atoms with E-state index < -0.39 is 0 Å². The summed E-state index contributed by atoms with van der Waals surface area (Å²) >= 11 is 0. The molecule has 2 N–H and O–H groups in total. The molecule has 1 aromatic heterocycles. The summed E-state index contributed by atoms with van der Waals surface area (Å²) in [5.74, 6) is 0.147. The van der Waals surface area contributed by atoms with Crippen LogP contribution in [0.25, 0.3) is 0 Å². The zero-order valence-corrected chi connectivity index (χ0v) is 15.4. The fraction of sp³-hybridized carbons (Fsp3) is 0.381. The zero-order valence-electron chi connectivity index (χ0n) is 15.4. The number of anilines is 1. The Labute approximate surface area is 159 Å². The molecule has 5 nitrogen and oxygen atoms in total. The van der Waals surface area contributed by atoms with Crippen LogP contribution in [0.15, 0.2) is 48.0 Å². The summed E-state index contributed by atoms with van der Waals surface area (Å²) in [5.41, 5.74) is 2.39. The molecule has 142 valence electrons. The number of halogens is 1. The van der Waals surface area contributed by atoms with Gasteiger partial charge in [-0.15, -0.1) is 10.2 Å². The second kappa shape index (κ2) is 9.80. The van der Waals surface area contributed by atoms with E-state index in [9.17, 15) is 9.18 Å². The van der Waals surface area contributed by atoms with Gasteiger partial charge in [-0.05, 0) is 62.3 Å². The average molecular weight is 368 g/mol. The Bertz CT molecular complexity index is 789. The molecule has 1 heterocycles. The maximum Gasteiger partial charge on any atom is 0.271 e. The van der Waals surface area contributed by atoms with Crippen molar-refractivity contribution in [2.24, 2.45) is 0 Å². The van der Waals surface area contributed by atoms with Crippen molar-refractivity contribution in [3.63, 3.8) is 0 Å². The standard InChI is InChI=1S/C21H25FN4O/c22-18-9-5-4-8-17(18)13-15-23-20-11-10-19(25-26-20)21(27)24-14-12-16-6-2-1-3-7-16/h4-6,8-11H,1-3,7,12-15H2,(H,23,26)(H,24,27). The molecule has 0 radical (unpaired) electrons. The number of carbonyl (C=O) groups is 1. The van der Waals surface area contributed by atoms with Crippen molar-refractivity contribution >= 4 is 11.7 Å². The number of amides is 1. The Morgan fingerprint density at radius 1 is 1.04 bits per heavy atom. The van der Waals surface area contributed by atoms with Gasteiger partial charge in [0.25, 0.3) is 5.91 Å². The Morgan fingerprint density at radius 3 is 2.67 bits per heavy atom. The van der Waals surface area contributed by atoms with Crippen molar-refractivity contribution in [3.8, 4) is 0 Å². The monoisotopic (exact) mass is 368 g/mol. The van der Waals surface area contributed by atoms with Crippen LogP contribution in [0.3, 0.4) is 0 Å². The van der Waals surface area contributed by atoms with Crippen molar-refractivity contribution in [2.75, 3.05) is 18.4 Å². The molecule has 1 aliphatic carbocycles. The van der Waals surface area contributed by atoms with Gasteiger partial charge in [-0.1, -0.05) is 29.8 Å². The lowest BCUT2D eigenvalue weighted by Crippen LogP contribution is -2.26. The predicted molar refractivity (Wildman–Crippen MR) is 104 cm³/mol. The Hall–Kier alpha value is -2.76. The molecule has 0 spiro atoms. The minimum Gasteiger partial charge on any atom is -0.368 e. The molecule has 3 rings (SSSR count). The Kier molecular flexibility index (Phi) is 6.90. The van der Waals surface area contributed by atoms with Crippen molar-refractivity contribution in [2.45, 2.75) is 38.5 Å². The number of aromatic nitrogens is 2. The molecule has 0 saturated carbocycles. The molecule has 1 aliphatic rings. The summed E-state index contributed by atoms with van der Waals surface area (Å²) in [7, 11) is 0. The molecular formula is C21H25FN4O. The molecule has 0 aliphatic heterocycles. The van der Waals surface area contributed by atoms with Gasteiger partial charge < -0.3 is 10.6 Å². The number of allylic oxidation sites excluding steroid dienone is 1. The molecule has 0 atom stereocenters. The van der Waals surface area contributed by atoms with Crippen LogP contribution < -0.4 is 10.6 Å². The summed E-state index contributed by atoms with van der Waals surface area (Å²) in [5, 5.41) is 14.0. The fourth-order valence-electron chi connectivity index (χ4n) is 3.13. The van der Waals surface area contributed by atoms with E-state index in [1.54, 1.807) is 24.3 Å². The maximum absolute atomic E-state index is 13.6. The van der Waals surface area contributed by atoms with Gasteiger partial charge in [0, 0.05) is 13.1 Å². The van der Waals surface area contributed by atoms with Crippen LogP contribution >= 0.6 is 0 Å². The molecule has 1 aromatic carbocycles. The maximum atomic E-state index is 13.6.